The Labute approximate surface area is 135 Å². The maximum atomic E-state index is 12.9. The molecule has 1 fully saturated rings. The number of hydrogen-bond donors (Lipinski definition) is 0. The quantitative estimate of drug-likeness (QED) is 0.811. The van der Waals surface area contributed by atoms with Crippen molar-refractivity contribution in [2.24, 2.45) is 11.3 Å². The van der Waals surface area contributed by atoms with Gasteiger partial charge in [0.2, 0.25) is 10.0 Å². The van der Waals surface area contributed by atoms with Gasteiger partial charge < -0.3 is 4.74 Å². The first-order chi connectivity index (χ1) is 9.66. The van der Waals surface area contributed by atoms with Crippen molar-refractivity contribution >= 4 is 26.0 Å². The van der Waals surface area contributed by atoms with Gasteiger partial charge in [0.05, 0.1) is 7.11 Å². The molecule has 1 saturated heterocycles. The molecule has 1 aromatic carbocycles. The van der Waals surface area contributed by atoms with Crippen LogP contribution in [0.1, 0.15) is 27.2 Å². The SMILES string of the molecule is COc1ccc(Br)cc1S(=O)(=O)N1CCC(C(C)(C)C)C1. The number of hydrogen-bond acceptors (Lipinski definition) is 3. The molecule has 1 atom stereocenters. The van der Waals surface area contributed by atoms with E-state index in [4.69, 9.17) is 4.74 Å². The highest BCUT2D eigenvalue weighted by Crippen LogP contribution is 2.37. The van der Waals surface area contributed by atoms with Crippen molar-refractivity contribution in [3.05, 3.63) is 22.7 Å². The maximum absolute atomic E-state index is 12.9. The van der Waals surface area contributed by atoms with Crippen molar-refractivity contribution in [3.8, 4) is 5.75 Å². The Bertz CT molecular complexity index is 622. The number of halogens is 1. The third kappa shape index (κ3) is 3.43. The minimum Gasteiger partial charge on any atom is -0.495 e. The van der Waals surface area contributed by atoms with Gasteiger partial charge in [-0.05, 0) is 36.0 Å². The zero-order valence-corrected chi connectivity index (χ0v) is 15.3. The highest BCUT2D eigenvalue weighted by atomic mass is 79.9. The van der Waals surface area contributed by atoms with E-state index in [9.17, 15) is 8.42 Å². The number of benzene rings is 1. The minimum absolute atomic E-state index is 0.117. The predicted octanol–water partition coefficient (Wildman–Crippen LogP) is 3.51. The first-order valence-corrected chi connectivity index (χ1v) is 9.23. The topological polar surface area (TPSA) is 46.6 Å². The van der Waals surface area contributed by atoms with E-state index >= 15 is 0 Å². The van der Waals surface area contributed by atoms with Gasteiger partial charge in [0, 0.05) is 17.6 Å². The first kappa shape index (κ1) is 16.8. The third-order valence-corrected chi connectivity index (χ3v) is 6.50. The van der Waals surface area contributed by atoms with Crippen LogP contribution in [0.3, 0.4) is 0 Å². The molecule has 1 unspecified atom stereocenters. The third-order valence-electron chi connectivity index (χ3n) is 4.12. The summed E-state index contributed by atoms with van der Waals surface area (Å²) in [7, 11) is -2.03. The first-order valence-electron chi connectivity index (χ1n) is 7.00. The van der Waals surface area contributed by atoms with Gasteiger partial charge in [-0.3, -0.25) is 0 Å². The second-order valence-corrected chi connectivity index (χ2v) is 9.33. The molecular weight excluding hydrogens is 354 g/mol. The van der Waals surface area contributed by atoms with Crippen molar-refractivity contribution in [2.75, 3.05) is 20.2 Å². The lowest BCUT2D eigenvalue weighted by molar-refractivity contribution is 0.251. The van der Waals surface area contributed by atoms with Crippen LogP contribution in [0.15, 0.2) is 27.6 Å². The van der Waals surface area contributed by atoms with Gasteiger partial charge >= 0.3 is 0 Å². The summed E-state index contributed by atoms with van der Waals surface area (Å²) < 4.78 is 33.2. The van der Waals surface area contributed by atoms with E-state index in [0.29, 0.717) is 24.8 Å². The predicted molar refractivity (Wildman–Crippen MR) is 87.0 cm³/mol. The summed E-state index contributed by atoms with van der Waals surface area (Å²) >= 11 is 3.33. The lowest BCUT2D eigenvalue weighted by Crippen LogP contribution is -2.31. The van der Waals surface area contributed by atoms with Gasteiger partial charge in [-0.1, -0.05) is 36.7 Å². The highest BCUT2D eigenvalue weighted by molar-refractivity contribution is 9.10. The fraction of sp³-hybridized carbons (Fsp3) is 0.600. The molecule has 1 aromatic rings. The summed E-state index contributed by atoms with van der Waals surface area (Å²) in [5.41, 5.74) is 0.117. The number of rotatable bonds is 3. The summed E-state index contributed by atoms with van der Waals surface area (Å²) in [5.74, 6) is 0.767. The maximum Gasteiger partial charge on any atom is 0.246 e. The Morgan fingerprint density at radius 3 is 2.52 bits per heavy atom. The molecule has 4 nitrogen and oxygen atoms in total. The van der Waals surface area contributed by atoms with Gasteiger partial charge in [0.1, 0.15) is 10.6 Å². The average Bonchev–Trinajstić information content (AvgIpc) is 2.88. The van der Waals surface area contributed by atoms with Crippen molar-refractivity contribution in [2.45, 2.75) is 32.1 Å². The molecule has 1 aliphatic rings. The fourth-order valence-corrected chi connectivity index (χ4v) is 4.84. The standard InChI is InChI=1S/C15H22BrNO3S/c1-15(2,3)11-7-8-17(10-11)21(18,19)14-9-12(16)5-6-13(14)20-4/h5-6,9,11H,7-8,10H2,1-4H3. The van der Waals surface area contributed by atoms with E-state index in [-0.39, 0.29) is 10.3 Å². The monoisotopic (exact) mass is 375 g/mol. The Morgan fingerprint density at radius 2 is 2.00 bits per heavy atom. The molecule has 0 aromatic heterocycles. The van der Waals surface area contributed by atoms with Crippen molar-refractivity contribution in [1.82, 2.24) is 4.31 Å². The van der Waals surface area contributed by atoms with Crippen LogP contribution in [-0.2, 0) is 10.0 Å². The summed E-state index contributed by atoms with van der Waals surface area (Å²) in [4.78, 5) is 0.230. The number of ether oxygens (including phenoxy) is 1. The average molecular weight is 376 g/mol. The van der Waals surface area contributed by atoms with Crippen molar-refractivity contribution in [3.63, 3.8) is 0 Å². The van der Waals surface area contributed by atoms with E-state index < -0.39 is 10.0 Å². The van der Waals surface area contributed by atoms with Gasteiger partial charge in [-0.25, -0.2) is 8.42 Å². The van der Waals surface area contributed by atoms with Crippen LogP contribution in [0.5, 0.6) is 5.75 Å². The highest BCUT2D eigenvalue weighted by Gasteiger charge is 2.38. The zero-order valence-electron chi connectivity index (χ0n) is 12.9. The number of methoxy groups -OCH3 is 1. The molecule has 0 amide bonds. The molecule has 0 saturated carbocycles. The zero-order chi connectivity index (χ0) is 15.8. The van der Waals surface area contributed by atoms with Crippen LogP contribution in [-0.4, -0.2) is 32.9 Å². The molecule has 1 heterocycles. The van der Waals surface area contributed by atoms with Crippen LogP contribution in [0.4, 0.5) is 0 Å². The molecule has 2 rings (SSSR count). The molecule has 0 radical (unpaired) electrons. The van der Waals surface area contributed by atoms with Gasteiger partial charge in [-0.15, -0.1) is 0 Å². The molecule has 0 N–H and O–H groups in total. The Kier molecular flexibility index (Phi) is 4.71. The lowest BCUT2D eigenvalue weighted by atomic mass is 9.80. The normalized spacial score (nSPS) is 20.7. The Morgan fingerprint density at radius 1 is 1.33 bits per heavy atom. The van der Waals surface area contributed by atoms with Crippen LogP contribution >= 0.6 is 15.9 Å². The summed E-state index contributed by atoms with van der Waals surface area (Å²) in [6.07, 6.45) is 0.902. The van der Waals surface area contributed by atoms with E-state index in [0.717, 1.165) is 10.9 Å². The second-order valence-electron chi connectivity index (χ2n) is 6.51. The molecule has 0 spiro atoms. The number of sulfonamides is 1. The fourth-order valence-electron chi connectivity index (χ4n) is 2.64. The summed E-state index contributed by atoms with van der Waals surface area (Å²) in [6, 6.07) is 5.06. The molecule has 118 valence electrons. The smallest absolute Gasteiger partial charge is 0.246 e. The minimum atomic E-state index is -3.52. The van der Waals surface area contributed by atoms with Crippen LogP contribution < -0.4 is 4.74 Å². The van der Waals surface area contributed by atoms with Gasteiger partial charge in [0.15, 0.2) is 0 Å². The molecule has 0 bridgehead atoms. The molecular formula is C15H22BrNO3S. The van der Waals surface area contributed by atoms with E-state index in [1.807, 2.05) is 0 Å². The van der Waals surface area contributed by atoms with Crippen LogP contribution in [0.2, 0.25) is 0 Å². The number of nitrogens with zero attached hydrogens (tertiary/aromatic N) is 1. The van der Waals surface area contributed by atoms with Crippen molar-refractivity contribution < 1.29 is 13.2 Å². The molecule has 6 heteroatoms. The van der Waals surface area contributed by atoms with E-state index in [1.165, 1.54) is 7.11 Å². The molecule has 1 aliphatic heterocycles. The van der Waals surface area contributed by atoms with Crippen LogP contribution in [0.25, 0.3) is 0 Å². The summed E-state index contributed by atoms with van der Waals surface area (Å²) in [5, 5.41) is 0. The second kappa shape index (κ2) is 5.89. The molecule has 21 heavy (non-hydrogen) atoms. The van der Waals surface area contributed by atoms with Crippen LogP contribution in [0, 0.1) is 11.3 Å². The largest absolute Gasteiger partial charge is 0.495 e. The van der Waals surface area contributed by atoms with Crippen molar-refractivity contribution in [1.29, 1.82) is 0 Å². The van der Waals surface area contributed by atoms with E-state index in [2.05, 4.69) is 36.7 Å². The lowest BCUT2D eigenvalue weighted by Gasteiger charge is -2.27. The van der Waals surface area contributed by atoms with E-state index in [1.54, 1.807) is 22.5 Å². The van der Waals surface area contributed by atoms with Gasteiger partial charge in [0.25, 0.3) is 0 Å². The summed E-state index contributed by atoms with van der Waals surface area (Å²) in [6.45, 7) is 7.62. The Balaban J connectivity index is 2.34. The Hall–Kier alpha value is -0.590. The molecule has 0 aliphatic carbocycles. The van der Waals surface area contributed by atoms with Gasteiger partial charge in [-0.2, -0.15) is 4.31 Å².